The predicted octanol–water partition coefficient (Wildman–Crippen LogP) is 4.63. The molecule has 0 aliphatic heterocycles. The summed E-state index contributed by atoms with van der Waals surface area (Å²) in [4.78, 5) is 1.72. The zero-order chi connectivity index (χ0) is 24.2. The molecule has 5 nitrogen and oxygen atoms in total. The molecule has 12 heteroatoms. The maximum Gasteiger partial charge on any atom is 0.428 e. The van der Waals surface area contributed by atoms with Crippen molar-refractivity contribution in [2.24, 2.45) is 11.8 Å². The summed E-state index contributed by atoms with van der Waals surface area (Å²) in [5, 5.41) is -5.13. The van der Waals surface area contributed by atoms with Crippen molar-refractivity contribution in [3.8, 4) is 0 Å². The van der Waals surface area contributed by atoms with E-state index in [1.165, 1.54) is 0 Å². The van der Waals surface area contributed by atoms with Gasteiger partial charge in [0.1, 0.15) is 9.79 Å². The second-order valence-electron chi connectivity index (χ2n) is 7.81. The van der Waals surface area contributed by atoms with Gasteiger partial charge >= 0.3 is 31.1 Å². The highest BCUT2D eigenvalue weighted by atomic mass is 32.9. The zero-order valence-corrected chi connectivity index (χ0v) is 19.8. The summed E-state index contributed by atoms with van der Waals surface area (Å²) in [6.45, 7) is 0. The largest absolute Gasteiger partial charge is 0.428 e. The summed E-state index contributed by atoms with van der Waals surface area (Å²) >= 11 is 0. The first-order valence-electron chi connectivity index (χ1n) is 10.1. The van der Waals surface area contributed by atoms with E-state index in [0.29, 0.717) is 12.8 Å². The number of rotatable bonds is 6. The highest BCUT2D eigenvalue weighted by Crippen LogP contribution is 2.47. The lowest BCUT2D eigenvalue weighted by Crippen LogP contribution is -2.40. The highest BCUT2D eigenvalue weighted by Gasteiger charge is 2.57. The number of alkyl halides is 4. The fraction of sp³-hybridized carbons (Fsp3) is 0.429. The van der Waals surface area contributed by atoms with Gasteiger partial charge in [-0.1, -0.05) is 36.4 Å². The molecule has 2 aliphatic carbocycles. The average molecular weight is 528 g/mol. The number of halogens is 4. The quantitative estimate of drug-likeness (QED) is 0.237. The summed E-state index contributed by atoms with van der Waals surface area (Å²) in [7, 11) is -8.93. The molecule has 0 radical (unpaired) electrons. The number of thiol groups is 1. The number of hydrogen-bond donors (Lipinski definition) is 0. The molecule has 182 valence electrons. The van der Waals surface area contributed by atoms with Crippen LogP contribution in [0.4, 0.5) is 17.6 Å². The van der Waals surface area contributed by atoms with Gasteiger partial charge in [-0.05, 0) is 61.8 Å². The molecule has 33 heavy (non-hydrogen) atoms. The van der Waals surface area contributed by atoms with Crippen LogP contribution in [0.2, 0.25) is 0 Å². The van der Waals surface area contributed by atoms with Crippen LogP contribution in [-0.4, -0.2) is 34.6 Å². The molecule has 2 aromatic rings. The monoisotopic (exact) mass is 527 g/mol. The third-order valence-electron chi connectivity index (χ3n) is 5.64. The van der Waals surface area contributed by atoms with Crippen molar-refractivity contribution in [3.63, 3.8) is 0 Å². The van der Waals surface area contributed by atoms with Crippen LogP contribution in [0.1, 0.15) is 25.7 Å². The molecule has 0 heterocycles. The Bertz CT molecular complexity index is 1140. The second-order valence-corrected chi connectivity index (χ2v) is 13.5. The summed E-state index contributed by atoms with van der Waals surface area (Å²) < 4.78 is 98.5. The molecule has 0 saturated heterocycles. The number of fused-ring (bicyclic) bond motifs is 2. The molecule has 2 aromatic carbocycles. The van der Waals surface area contributed by atoms with E-state index in [4.69, 9.17) is 0 Å². The van der Waals surface area contributed by atoms with Gasteiger partial charge in [0.2, 0.25) is 0 Å². The van der Waals surface area contributed by atoms with E-state index in [0.717, 1.165) is 22.6 Å². The van der Waals surface area contributed by atoms with Crippen molar-refractivity contribution >= 4 is 28.8 Å². The van der Waals surface area contributed by atoms with Crippen molar-refractivity contribution in [2.45, 2.75) is 53.3 Å². The van der Waals surface area contributed by atoms with E-state index >= 15 is 0 Å². The minimum Gasteiger partial charge on any atom is -0.262 e. The van der Waals surface area contributed by atoms with Gasteiger partial charge < -0.3 is 0 Å². The molecule has 0 amide bonds. The Labute approximate surface area is 193 Å². The first-order valence-corrected chi connectivity index (χ1v) is 14.5. The molecule has 3 unspecified atom stereocenters. The third-order valence-corrected chi connectivity index (χ3v) is 11.0. The van der Waals surface area contributed by atoms with Crippen molar-refractivity contribution in [1.29, 1.82) is 0 Å². The SMILES string of the molecule is O=S(=O)(OC1CC2CCC1C2)C(F)(F)C(F)F.O=S(=O)=[SH+](c1ccccc1)c1ccccc1. The van der Waals surface area contributed by atoms with Gasteiger partial charge in [-0.2, -0.15) is 17.2 Å². The first-order chi connectivity index (χ1) is 15.5. The third kappa shape index (κ3) is 6.03. The van der Waals surface area contributed by atoms with Crippen LogP contribution in [0.15, 0.2) is 70.5 Å². The molecule has 0 aromatic heterocycles. The van der Waals surface area contributed by atoms with Crippen LogP contribution in [-0.2, 0) is 33.0 Å². The van der Waals surface area contributed by atoms with Crippen molar-refractivity contribution < 1.29 is 38.6 Å². The van der Waals surface area contributed by atoms with Crippen LogP contribution in [0, 0.1) is 11.8 Å². The fourth-order valence-electron chi connectivity index (χ4n) is 4.09. The van der Waals surface area contributed by atoms with E-state index < -0.39 is 46.6 Å². The minimum absolute atomic E-state index is 0.0942. The van der Waals surface area contributed by atoms with Gasteiger partial charge in [-0.3, -0.25) is 4.18 Å². The van der Waals surface area contributed by atoms with E-state index in [2.05, 4.69) is 4.18 Å². The molecule has 4 rings (SSSR count). The lowest BCUT2D eigenvalue weighted by molar-refractivity contribution is -0.0740. The summed E-state index contributed by atoms with van der Waals surface area (Å²) in [5.41, 5.74) is 0. The smallest absolute Gasteiger partial charge is 0.262 e. The topological polar surface area (TPSA) is 77.5 Å². The van der Waals surface area contributed by atoms with Gasteiger partial charge in [0.25, 0.3) is 0 Å². The average Bonchev–Trinajstić information content (AvgIpc) is 3.38. The minimum atomic E-state index is -5.55. The van der Waals surface area contributed by atoms with Crippen molar-refractivity contribution in [1.82, 2.24) is 0 Å². The van der Waals surface area contributed by atoms with Gasteiger partial charge in [0, 0.05) is 9.45 Å². The first kappa shape index (κ1) is 25.9. The Morgan fingerprint density at radius 3 is 1.79 bits per heavy atom. The van der Waals surface area contributed by atoms with Gasteiger partial charge in [0.15, 0.2) is 0 Å². The van der Waals surface area contributed by atoms with Crippen LogP contribution in [0.3, 0.4) is 0 Å². The summed E-state index contributed by atoms with van der Waals surface area (Å²) in [6.07, 6.45) is -2.39. The Balaban J connectivity index is 0.000000186. The van der Waals surface area contributed by atoms with E-state index in [-0.39, 0.29) is 11.8 Å². The molecule has 2 aliphatic rings. The van der Waals surface area contributed by atoms with Gasteiger partial charge in [-0.25, -0.2) is 8.78 Å². The van der Waals surface area contributed by atoms with Gasteiger partial charge in [-0.15, -0.1) is 8.42 Å². The lowest BCUT2D eigenvalue weighted by Gasteiger charge is -2.24. The number of hydrogen-bond acceptors (Lipinski definition) is 5. The zero-order valence-electron chi connectivity index (χ0n) is 17.2. The molecule has 0 N–H and O–H groups in total. The molecular formula is C21H23F4O5S3+. The Morgan fingerprint density at radius 2 is 1.42 bits per heavy atom. The van der Waals surface area contributed by atoms with Crippen LogP contribution in [0.25, 0.3) is 0 Å². The molecular weight excluding hydrogens is 504 g/mol. The Hall–Kier alpha value is -1.76. The van der Waals surface area contributed by atoms with Crippen molar-refractivity contribution in [3.05, 3.63) is 60.7 Å². The maximum atomic E-state index is 12.8. The standard InChI is InChI=1S/C12H10O2S2.C9H12F4O3S/c13-16(14)15(11-7-3-1-4-8-11)12-9-5-2-6-10-12;10-8(11)9(12,13)17(14,15)16-7-4-5-1-2-6(7)3-5/h1-10H;5-8H,1-4H2/p+1. The highest BCUT2D eigenvalue weighted by molar-refractivity contribution is 8.34. The molecule has 2 saturated carbocycles. The second kappa shape index (κ2) is 10.7. The normalized spacial score (nSPS) is 22.3. The van der Waals surface area contributed by atoms with E-state index in [1.807, 2.05) is 60.7 Å². The number of benzene rings is 2. The molecule has 2 fully saturated rings. The van der Waals surface area contributed by atoms with Crippen LogP contribution < -0.4 is 0 Å². The van der Waals surface area contributed by atoms with Gasteiger partial charge in [0.05, 0.1) is 6.10 Å². The Morgan fingerprint density at radius 1 is 0.909 bits per heavy atom. The van der Waals surface area contributed by atoms with E-state index in [1.54, 1.807) is 0 Å². The molecule has 0 spiro atoms. The maximum absolute atomic E-state index is 12.8. The summed E-state index contributed by atoms with van der Waals surface area (Å²) in [5.74, 6) is 0.184. The van der Waals surface area contributed by atoms with Crippen molar-refractivity contribution in [2.75, 3.05) is 0 Å². The molecule has 2 bridgehead atoms. The lowest BCUT2D eigenvalue weighted by atomic mass is 9.98. The molecule has 3 atom stereocenters. The fourth-order valence-corrected chi connectivity index (χ4v) is 8.29. The van der Waals surface area contributed by atoms with E-state index in [9.17, 15) is 34.4 Å². The van der Waals surface area contributed by atoms with Crippen LogP contribution >= 0.6 is 0 Å². The summed E-state index contributed by atoms with van der Waals surface area (Å²) in [6, 6.07) is 18.6. The van der Waals surface area contributed by atoms with Crippen LogP contribution in [0.5, 0.6) is 0 Å². The predicted molar refractivity (Wildman–Crippen MR) is 117 cm³/mol. The Kier molecular flexibility index (Phi) is 8.35.